The predicted molar refractivity (Wildman–Crippen MR) is 315 cm³/mol. The minimum atomic E-state index is -1.78. The molecule has 7 rings (SSSR count). The number of carbonyl (C=O) groups is 9. The Labute approximate surface area is 493 Å². The molecule has 0 bridgehead atoms. The van der Waals surface area contributed by atoms with Gasteiger partial charge in [0, 0.05) is 82.4 Å². The molecule has 84 heavy (non-hydrogen) atoms. The molecule has 4 aliphatic rings. The van der Waals surface area contributed by atoms with Crippen molar-refractivity contribution in [1.29, 1.82) is 0 Å². The van der Waals surface area contributed by atoms with Gasteiger partial charge in [-0.25, -0.2) is 0 Å². The molecule has 4 aliphatic heterocycles. The predicted octanol–water partition coefficient (Wildman–Crippen LogP) is 1.77. The van der Waals surface area contributed by atoms with E-state index < -0.39 is 71.3 Å². The van der Waals surface area contributed by atoms with Crippen LogP contribution in [0.4, 0.5) is 0 Å². The van der Waals surface area contributed by atoms with Crippen LogP contribution in [-0.4, -0.2) is 157 Å². The zero-order valence-electron chi connectivity index (χ0n) is 48.9. The lowest BCUT2D eigenvalue weighted by Gasteiger charge is -2.37. The van der Waals surface area contributed by atoms with Crippen LogP contribution >= 0.6 is 0 Å². The van der Waals surface area contributed by atoms with Gasteiger partial charge in [-0.3, -0.25) is 43.2 Å². The van der Waals surface area contributed by atoms with Gasteiger partial charge in [-0.1, -0.05) is 105 Å². The Hall–Kier alpha value is -7.67. The molecule has 4 saturated heterocycles. The maximum absolute atomic E-state index is 14.8. The van der Waals surface area contributed by atoms with Crippen molar-refractivity contribution in [3.8, 4) is 11.8 Å². The van der Waals surface area contributed by atoms with E-state index in [0.29, 0.717) is 81.9 Å². The maximum Gasteiger partial charge on any atom is 0.255 e. The molecular formula is C63H85N11O10. The molecule has 0 unspecified atom stereocenters. The molecule has 0 aromatic heterocycles. The lowest BCUT2D eigenvalue weighted by atomic mass is 9.81. The fourth-order valence-corrected chi connectivity index (χ4v) is 12.3. The number of fused-ring (bicyclic) bond motifs is 2. The summed E-state index contributed by atoms with van der Waals surface area (Å²) in [5, 5.41) is 37.0. The highest BCUT2D eigenvalue weighted by atomic mass is 16.3. The van der Waals surface area contributed by atoms with E-state index in [9.17, 15) is 48.3 Å². The van der Waals surface area contributed by atoms with E-state index in [0.717, 1.165) is 5.56 Å². The van der Waals surface area contributed by atoms with E-state index in [1.165, 1.54) is 0 Å². The van der Waals surface area contributed by atoms with Gasteiger partial charge in [0.1, 0.15) is 24.2 Å². The summed E-state index contributed by atoms with van der Waals surface area (Å²) in [5.41, 5.74) is 0.0734. The minimum Gasteiger partial charge on any atom is -0.396 e. The topological polar surface area (TPSA) is 289 Å². The van der Waals surface area contributed by atoms with Crippen LogP contribution in [0.1, 0.15) is 120 Å². The van der Waals surface area contributed by atoms with Crippen molar-refractivity contribution in [2.24, 2.45) is 11.8 Å². The van der Waals surface area contributed by atoms with Gasteiger partial charge in [-0.15, -0.1) is 11.8 Å². The second-order valence-corrected chi connectivity index (χ2v) is 22.3. The number of aliphatic hydroxyl groups excluding tert-OH is 1. The largest absolute Gasteiger partial charge is 0.396 e. The van der Waals surface area contributed by atoms with E-state index >= 15 is 0 Å². The molecule has 452 valence electrons. The molecule has 3 aromatic carbocycles. The Morgan fingerprint density at radius 2 is 1.02 bits per heavy atom. The number of amides is 9. The Bertz CT molecular complexity index is 2770. The zero-order valence-corrected chi connectivity index (χ0v) is 48.9. The van der Waals surface area contributed by atoms with Gasteiger partial charge < -0.3 is 62.8 Å². The van der Waals surface area contributed by atoms with Gasteiger partial charge in [0.05, 0.1) is 12.1 Å². The quantitative estimate of drug-likeness (QED) is 0.0407. The Morgan fingerprint density at radius 1 is 0.571 bits per heavy atom. The van der Waals surface area contributed by atoms with Crippen LogP contribution in [0, 0.1) is 23.7 Å². The average Bonchev–Trinajstić information content (AvgIpc) is 2.36. The van der Waals surface area contributed by atoms with Crippen molar-refractivity contribution >= 4 is 53.2 Å². The Morgan fingerprint density at radius 3 is 1.52 bits per heavy atom. The smallest absolute Gasteiger partial charge is 0.255 e. The van der Waals surface area contributed by atoms with Crippen molar-refractivity contribution in [2.45, 2.75) is 164 Å². The lowest BCUT2D eigenvalue weighted by Crippen LogP contribution is -2.62. The first-order valence-electron chi connectivity index (χ1n) is 29.9. The van der Waals surface area contributed by atoms with Gasteiger partial charge in [-0.05, 0) is 95.0 Å². The fraction of sp³-hybridized carbons (Fsp3) is 0.540. The number of likely N-dealkylation sites (N-methyl/N-ethyl adjacent to an activating group) is 2. The van der Waals surface area contributed by atoms with Crippen molar-refractivity contribution in [1.82, 2.24) is 57.7 Å². The number of aliphatic hydroxyl groups is 1. The first-order valence-corrected chi connectivity index (χ1v) is 29.9. The number of rotatable bonds is 26. The van der Waals surface area contributed by atoms with Crippen LogP contribution < -0.4 is 47.9 Å². The average molecular weight is 1160 g/mol. The third-order valence-corrected chi connectivity index (χ3v) is 17.1. The Balaban J connectivity index is 0.909. The second-order valence-electron chi connectivity index (χ2n) is 22.3. The zero-order chi connectivity index (χ0) is 60.2. The summed E-state index contributed by atoms with van der Waals surface area (Å²) < 4.78 is 0. The van der Waals surface area contributed by atoms with Crippen LogP contribution in [0.5, 0.6) is 0 Å². The van der Waals surface area contributed by atoms with Gasteiger partial charge in [-0.2, -0.15) is 0 Å². The summed E-state index contributed by atoms with van der Waals surface area (Å²) in [4.78, 5) is 128. The number of carbonyl (C=O) groups excluding carboxylic acids is 9. The minimum absolute atomic E-state index is 0.00287. The molecule has 0 aliphatic carbocycles. The SMILES string of the molecule is CC[C@H](NC)C(=O)N[C@@H]1C(=O)N2[C@@H](CC[C@@H]1CNC(=O)CCC#CCCC(=O)NCCNC(=O)C(NC(=O)[C@@H]1CC[C@@H]3CC[C@H](CO)[C@H](NC(=O)[C@H](CC)NC)C(=O)N31)(c1ccccc1)c1ccccc1)CC[C@H]2C(=O)NCc1ccccc1. The summed E-state index contributed by atoms with van der Waals surface area (Å²) in [6.45, 7) is 3.90. The summed E-state index contributed by atoms with van der Waals surface area (Å²) in [7, 11) is 3.34. The fourth-order valence-electron chi connectivity index (χ4n) is 12.3. The first-order chi connectivity index (χ1) is 40.7. The molecule has 0 spiro atoms. The van der Waals surface area contributed by atoms with Crippen molar-refractivity contribution in [3.05, 3.63) is 108 Å². The monoisotopic (exact) mass is 1160 g/mol. The first kappa shape index (κ1) is 63.9. The molecule has 21 nitrogen and oxygen atoms in total. The number of hydrogen-bond donors (Lipinski definition) is 10. The molecule has 0 saturated carbocycles. The van der Waals surface area contributed by atoms with Gasteiger partial charge in [0.2, 0.25) is 47.3 Å². The van der Waals surface area contributed by atoms with E-state index in [4.69, 9.17) is 0 Å². The highest BCUT2D eigenvalue weighted by Gasteiger charge is 2.52. The van der Waals surface area contributed by atoms with E-state index in [1.807, 2.05) is 44.2 Å². The van der Waals surface area contributed by atoms with Crippen LogP contribution in [0.15, 0.2) is 91.0 Å². The molecular weight excluding hydrogens is 1070 g/mol. The van der Waals surface area contributed by atoms with Crippen molar-refractivity contribution in [2.75, 3.05) is 40.3 Å². The third kappa shape index (κ3) is 15.7. The second kappa shape index (κ2) is 31.3. The third-order valence-electron chi connectivity index (χ3n) is 17.1. The summed E-state index contributed by atoms with van der Waals surface area (Å²) >= 11 is 0. The number of hydrogen-bond acceptors (Lipinski definition) is 12. The molecule has 9 amide bonds. The van der Waals surface area contributed by atoms with Gasteiger partial charge in [0.25, 0.3) is 5.91 Å². The van der Waals surface area contributed by atoms with Crippen LogP contribution in [0.25, 0.3) is 0 Å². The van der Waals surface area contributed by atoms with Gasteiger partial charge in [0.15, 0.2) is 5.54 Å². The van der Waals surface area contributed by atoms with E-state index in [-0.39, 0.29) is 99.5 Å². The van der Waals surface area contributed by atoms with E-state index in [1.54, 1.807) is 84.6 Å². The number of benzene rings is 3. The summed E-state index contributed by atoms with van der Waals surface area (Å²) in [5.74, 6) is 1.47. The standard InChI is InChI=1S/C63H85N11O10/c1-5-48(64-3)56(78)70-54-42(28-30-46-32-34-50(73(46)60(54)82)58(80)69-38-41-20-12-9-13-21-41)39-68-53(77)27-19-8-7-18-26-52(76)66-36-37-67-62(84)63(44-22-14-10-15-23-44,45-24-16-11-17-25-45)72-59(81)51-35-33-47-31-29-43(40-75)55(61(83)74(47)51)71-57(79)49(6-2)65-4/h9-17,20-25,42-43,46-51,54-55,64-65,75H,5-6,18-19,26-40H2,1-4H3,(H,66,76)(H,67,84)(H,68,77)(H,69,80)(H,70,78)(H,71,79)(H,72,81)/t42-,43-,46+,47+,48+,49+,50+,51+,54+,55+/m1/s1. The molecule has 10 N–H and O–H groups in total. The number of nitrogens with one attached hydrogen (secondary N) is 9. The normalized spacial score (nSPS) is 22.7. The van der Waals surface area contributed by atoms with Crippen LogP contribution in [0.2, 0.25) is 0 Å². The molecule has 3 aromatic rings. The molecule has 4 fully saturated rings. The van der Waals surface area contributed by atoms with Crippen LogP contribution in [-0.2, 0) is 55.2 Å². The molecule has 10 atom stereocenters. The van der Waals surface area contributed by atoms with Crippen LogP contribution in [0.3, 0.4) is 0 Å². The lowest BCUT2D eigenvalue weighted by molar-refractivity contribution is -0.145. The number of nitrogens with zero attached hydrogens (tertiary/aromatic N) is 2. The Kier molecular flexibility index (Phi) is 23.8. The highest BCUT2D eigenvalue weighted by molar-refractivity contribution is 5.99. The highest BCUT2D eigenvalue weighted by Crippen LogP contribution is 2.37. The van der Waals surface area contributed by atoms with Crippen molar-refractivity contribution < 1.29 is 48.3 Å². The van der Waals surface area contributed by atoms with Gasteiger partial charge >= 0.3 is 0 Å². The molecule has 4 heterocycles. The van der Waals surface area contributed by atoms with Crippen molar-refractivity contribution in [3.63, 3.8) is 0 Å². The molecule has 0 radical (unpaired) electrons. The summed E-state index contributed by atoms with van der Waals surface area (Å²) in [6.07, 6.45) is 5.67. The maximum atomic E-state index is 14.8. The summed E-state index contributed by atoms with van der Waals surface area (Å²) in [6, 6.07) is 21.9. The van der Waals surface area contributed by atoms with E-state index in [2.05, 4.69) is 59.7 Å². The molecule has 21 heteroatoms.